The number of rotatable bonds is 8. The Balaban J connectivity index is 1.65. The van der Waals surface area contributed by atoms with Crippen molar-refractivity contribution in [2.75, 3.05) is 13.2 Å². The molecule has 0 aliphatic heterocycles. The van der Waals surface area contributed by atoms with Gasteiger partial charge in [0.15, 0.2) is 5.82 Å². The number of nitrogens with one attached hydrogen (secondary N) is 1. The second kappa shape index (κ2) is 9.67. The van der Waals surface area contributed by atoms with E-state index in [4.69, 9.17) is 10.00 Å². The van der Waals surface area contributed by atoms with E-state index in [1.54, 1.807) is 36.4 Å². The summed E-state index contributed by atoms with van der Waals surface area (Å²) in [5, 5.41) is 26.5. The first kappa shape index (κ1) is 21.0. The minimum absolute atomic E-state index is 0.0745. The highest BCUT2D eigenvalue weighted by Gasteiger charge is 2.14. The number of aromatic hydroxyl groups is 1. The molecule has 3 rings (SSSR count). The number of carbonyl (C=O) groups is 1. The number of hydrogen-bond acceptors (Lipinski definition) is 6. The number of amides is 1. The van der Waals surface area contributed by atoms with E-state index < -0.39 is 0 Å². The smallest absolute Gasteiger partial charge is 0.252 e. The van der Waals surface area contributed by atoms with Crippen LogP contribution in [0.5, 0.6) is 5.88 Å². The van der Waals surface area contributed by atoms with E-state index in [-0.39, 0.29) is 17.9 Å². The van der Waals surface area contributed by atoms with E-state index in [2.05, 4.69) is 21.5 Å². The highest BCUT2D eigenvalue weighted by Crippen LogP contribution is 2.30. The second-order valence-electron chi connectivity index (χ2n) is 6.92. The van der Waals surface area contributed by atoms with Gasteiger partial charge in [0.25, 0.3) is 5.91 Å². The van der Waals surface area contributed by atoms with E-state index in [0.29, 0.717) is 35.7 Å². The fraction of sp³-hybridized carbons (Fsp3) is 0.273. The van der Waals surface area contributed by atoms with E-state index in [1.807, 2.05) is 13.8 Å². The van der Waals surface area contributed by atoms with Crippen molar-refractivity contribution in [3.8, 4) is 28.9 Å². The summed E-state index contributed by atoms with van der Waals surface area (Å²) in [6, 6.07) is 12.1. The van der Waals surface area contributed by atoms with Gasteiger partial charge in [-0.05, 0) is 50.1 Å². The van der Waals surface area contributed by atoms with Crippen LogP contribution in [-0.2, 0) is 4.74 Å². The Hall–Kier alpha value is -3.70. The van der Waals surface area contributed by atoms with Crippen LogP contribution in [0.4, 0.5) is 0 Å². The van der Waals surface area contributed by atoms with Crippen molar-refractivity contribution in [1.29, 1.82) is 5.26 Å². The largest absolute Gasteiger partial charge is 0.493 e. The lowest BCUT2D eigenvalue weighted by atomic mass is 10.1. The summed E-state index contributed by atoms with van der Waals surface area (Å²) in [5.41, 5.74) is 2.21. The van der Waals surface area contributed by atoms with Crippen molar-refractivity contribution >= 4 is 5.91 Å². The summed E-state index contributed by atoms with van der Waals surface area (Å²) < 4.78 is 6.73. The third-order valence-electron chi connectivity index (χ3n) is 4.35. The maximum Gasteiger partial charge on any atom is 0.252 e. The lowest BCUT2D eigenvalue weighted by Gasteiger charge is -2.08. The number of benzene rings is 1. The van der Waals surface area contributed by atoms with Gasteiger partial charge in [-0.2, -0.15) is 15.0 Å². The molecule has 0 saturated carbocycles. The van der Waals surface area contributed by atoms with Gasteiger partial charge in [-0.3, -0.25) is 4.79 Å². The molecule has 0 atom stereocenters. The highest BCUT2D eigenvalue weighted by molar-refractivity contribution is 5.93. The summed E-state index contributed by atoms with van der Waals surface area (Å²) in [5.74, 6) is 0.0883. The number of pyridine rings is 1. The Kier molecular flexibility index (Phi) is 6.78. The molecule has 0 fully saturated rings. The molecular weight excluding hydrogens is 382 g/mol. The third kappa shape index (κ3) is 5.01. The number of aromatic nitrogens is 3. The van der Waals surface area contributed by atoms with E-state index in [9.17, 15) is 9.90 Å². The molecule has 0 aliphatic carbocycles. The number of carbonyl (C=O) groups excluding carboxylic acids is 1. The van der Waals surface area contributed by atoms with Gasteiger partial charge in [-0.1, -0.05) is 12.1 Å². The molecule has 0 spiro atoms. The van der Waals surface area contributed by atoms with Crippen LogP contribution >= 0.6 is 0 Å². The quantitative estimate of drug-likeness (QED) is 0.557. The van der Waals surface area contributed by atoms with Crippen molar-refractivity contribution in [3.05, 3.63) is 59.9 Å². The average Bonchev–Trinajstić information content (AvgIpc) is 3.14. The van der Waals surface area contributed by atoms with Crippen LogP contribution in [0.2, 0.25) is 0 Å². The van der Waals surface area contributed by atoms with E-state index in [0.717, 1.165) is 12.0 Å². The molecule has 0 unspecified atom stereocenters. The molecule has 0 radical (unpaired) electrons. The van der Waals surface area contributed by atoms with Gasteiger partial charge in [0, 0.05) is 19.3 Å². The van der Waals surface area contributed by atoms with E-state index in [1.165, 1.54) is 17.1 Å². The SMILES string of the molecule is CC(C)OCCCNC(=O)c1ccc(-n2ncc(-c3ccc(C#N)cc3)c2O)nc1. The lowest BCUT2D eigenvalue weighted by Crippen LogP contribution is -2.25. The molecule has 8 heteroatoms. The third-order valence-corrected chi connectivity index (χ3v) is 4.35. The highest BCUT2D eigenvalue weighted by atomic mass is 16.5. The van der Waals surface area contributed by atoms with Gasteiger partial charge >= 0.3 is 0 Å². The molecule has 2 N–H and O–H groups in total. The molecular formula is C22H23N5O3. The zero-order valence-corrected chi connectivity index (χ0v) is 16.9. The van der Waals surface area contributed by atoms with Crippen molar-refractivity contribution in [3.63, 3.8) is 0 Å². The molecule has 1 amide bonds. The fourth-order valence-electron chi connectivity index (χ4n) is 2.78. The maximum absolute atomic E-state index is 12.2. The first-order valence-electron chi connectivity index (χ1n) is 9.63. The Morgan fingerprint density at radius 3 is 2.63 bits per heavy atom. The van der Waals surface area contributed by atoms with Gasteiger partial charge in [0.1, 0.15) is 0 Å². The maximum atomic E-state index is 12.2. The Bertz CT molecular complexity index is 1030. The fourth-order valence-corrected chi connectivity index (χ4v) is 2.78. The molecule has 3 aromatic rings. The van der Waals surface area contributed by atoms with Crippen LogP contribution in [0.3, 0.4) is 0 Å². The lowest BCUT2D eigenvalue weighted by molar-refractivity contribution is 0.0757. The Morgan fingerprint density at radius 2 is 2.00 bits per heavy atom. The van der Waals surface area contributed by atoms with Crippen molar-refractivity contribution in [2.45, 2.75) is 26.4 Å². The first-order chi connectivity index (χ1) is 14.5. The zero-order chi connectivity index (χ0) is 21.5. The predicted octanol–water partition coefficient (Wildman–Crippen LogP) is 3.06. The number of nitriles is 1. The number of nitrogens with zero attached hydrogens (tertiary/aromatic N) is 4. The van der Waals surface area contributed by atoms with Crippen LogP contribution in [0, 0.1) is 11.3 Å². The minimum Gasteiger partial charge on any atom is -0.493 e. The minimum atomic E-state index is -0.221. The van der Waals surface area contributed by atoms with Gasteiger partial charge < -0.3 is 15.2 Å². The normalized spacial score (nSPS) is 10.7. The molecule has 1 aromatic carbocycles. The van der Waals surface area contributed by atoms with Crippen LogP contribution in [-0.4, -0.2) is 45.0 Å². The molecule has 154 valence electrons. The van der Waals surface area contributed by atoms with Gasteiger partial charge in [-0.15, -0.1) is 0 Å². The number of hydrogen-bond donors (Lipinski definition) is 2. The average molecular weight is 405 g/mol. The van der Waals surface area contributed by atoms with Gasteiger partial charge in [-0.25, -0.2) is 4.98 Å². The summed E-state index contributed by atoms with van der Waals surface area (Å²) in [6.45, 7) is 5.05. The first-order valence-corrected chi connectivity index (χ1v) is 9.63. The summed E-state index contributed by atoms with van der Waals surface area (Å²) in [7, 11) is 0. The predicted molar refractivity (Wildman–Crippen MR) is 111 cm³/mol. The molecule has 30 heavy (non-hydrogen) atoms. The molecule has 0 bridgehead atoms. The summed E-state index contributed by atoms with van der Waals surface area (Å²) in [4.78, 5) is 16.5. The number of ether oxygens (including phenoxy) is 1. The van der Waals surface area contributed by atoms with Crippen LogP contribution in [0.15, 0.2) is 48.8 Å². The second-order valence-corrected chi connectivity index (χ2v) is 6.92. The van der Waals surface area contributed by atoms with Gasteiger partial charge in [0.05, 0.1) is 35.1 Å². The molecule has 2 heterocycles. The Labute approximate surface area is 174 Å². The van der Waals surface area contributed by atoms with Crippen LogP contribution in [0.1, 0.15) is 36.2 Å². The molecule has 2 aromatic heterocycles. The van der Waals surface area contributed by atoms with E-state index >= 15 is 0 Å². The standard InChI is InChI=1S/C22H23N5O3/c1-15(2)30-11-3-10-24-21(28)18-8-9-20(25-13-18)27-22(29)19(14-26-27)17-6-4-16(12-23)5-7-17/h4-9,13-15,29H,3,10-11H2,1-2H3,(H,24,28). The van der Waals surface area contributed by atoms with Crippen LogP contribution < -0.4 is 5.32 Å². The monoisotopic (exact) mass is 405 g/mol. The van der Waals surface area contributed by atoms with Crippen molar-refractivity contribution in [1.82, 2.24) is 20.1 Å². The molecule has 0 saturated heterocycles. The summed E-state index contributed by atoms with van der Waals surface area (Å²) in [6.07, 6.45) is 3.87. The van der Waals surface area contributed by atoms with Gasteiger partial charge in [0.2, 0.25) is 5.88 Å². The van der Waals surface area contributed by atoms with Crippen molar-refractivity contribution < 1.29 is 14.6 Å². The van der Waals surface area contributed by atoms with Crippen molar-refractivity contribution in [2.24, 2.45) is 0 Å². The topological polar surface area (TPSA) is 113 Å². The molecule has 8 nitrogen and oxygen atoms in total. The summed E-state index contributed by atoms with van der Waals surface area (Å²) >= 11 is 0. The van der Waals surface area contributed by atoms with Crippen LogP contribution in [0.25, 0.3) is 16.9 Å². The Morgan fingerprint density at radius 1 is 1.23 bits per heavy atom. The molecule has 0 aliphatic rings. The zero-order valence-electron chi connectivity index (χ0n) is 16.9.